The van der Waals surface area contributed by atoms with Crippen LogP contribution in [0.2, 0.25) is 0 Å². The average Bonchev–Trinajstić information content (AvgIpc) is 2.27. The van der Waals surface area contributed by atoms with E-state index >= 15 is 0 Å². The molecule has 0 fully saturated rings. The molecular weight excluding hydrogens is 186 g/mol. The molecule has 0 aromatic heterocycles. The Bertz CT molecular complexity index is 268. The van der Waals surface area contributed by atoms with Crippen molar-refractivity contribution in [1.82, 2.24) is 4.90 Å². The summed E-state index contributed by atoms with van der Waals surface area (Å²) in [7, 11) is 3.86. The van der Waals surface area contributed by atoms with Crippen LogP contribution >= 0.6 is 0 Å². The summed E-state index contributed by atoms with van der Waals surface area (Å²) in [6, 6.07) is 8.29. The Kier molecular flexibility index (Phi) is 5.19. The first-order chi connectivity index (χ1) is 7.26. The Morgan fingerprint density at radius 3 is 2.40 bits per heavy atom. The minimum absolute atomic E-state index is 0.926. The fourth-order valence-corrected chi connectivity index (χ4v) is 1.55. The highest BCUT2D eigenvalue weighted by Crippen LogP contribution is 2.12. The van der Waals surface area contributed by atoms with E-state index in [0.717, 1.165) is 12.3 Å². The highest BCUT2D eigenvalue weighted by atomic mass is 16.5. The summed E-state index contributed by atoms with van der Waals surface area (Å²) < 4.78 is 5.13. The molecule has 15 heavy (non-hydrogen) atoms. The number of hydrogen-bond acceptors (Lipinski definition) is 2. The van der Waals surface area contributed by atoms with Gasteiger partial charge >= 0.3 is 0 Å². The largest absolute Gasteiger partial charge is 0.497 e. The van der Waals surface area contributed by atoms with E-state index in [0.29, 0.717) is 0 Å². The molecule has 0 N–H and O–H groups in total. The van der Waals surface area contributed by atoms with Crippen LogP contribution in [0.15, 0.2) is 24.3 Å². The molecule has 0 saturated carbocycles. The summed E-state index contributed by atoms with van der Waals surface area (Å²) in [4.78, 5) is 2.35. The van der Waals surface area contributed by atoms with E-state index in [1.165, 1.54) is 24.9 Å². The first-order valence-corrected chi connectivity index (χ1v) is 5.57. The van der Waals surface area contributed by atoms with Gasteiger partial charge in [0.2, 0.25) is 0 Å². The number of hydrogen-bond donors (Lipinski definition) is 0. The van der Waals surface area contributed by atoms with Crippen molar-refractivity contribution in [3.63, 3.8) is 0 Å². The lowest BCUT2D eigenvalue weighted by Gasteiger charge is -2.16. The number of unbranched alkanes of at least 4 members (excludes halogenated alkanes) is 1. The Morgan fingerprint density at radius 2 is 1.87 bits per heavy atom. The molecule has 0 bridgehead atoms. The van der Waals surface area contributed by atoms with Crippen molar-refractivity contribution in [2.45, 2.75) is 26.3 Å². The zero-order chi connectivity index (χ0) is 11.1. The third kappa shape index (κ3) is 4.34. The summed E-state index contributed by atoms with van der Waals surface area (Å²) in [5.41, 5.74) is 1.34. The summed E-state index contributed by atoms with van der Waals surface area (Å²) in [5.74, 6) is 0.926. The SMILES string of the molecule is CCCCN(C)Cc1ccc(OC)cc1. The lowest BCUT2D eigenvalue weighted by atomic mass is 10.2. The molecule has 0 saturated heterocycles. The smallest absolute Gasteiger partial charge is 0.118 e. The van der Waals surface area contributed by atoms with Crippen LogP contribution < -0.4 is 4.74 Å². The topological polar surface area (TPSA) is 12.5 Å². The van der Waals surface area contributed by atoms with Crippen LogP contribution in [0.4, 0.5) is 0 Å². The summed E-state index contributed by atoms with van der Waals surface area (Å²) >= 11 is 0. The summed E-state index contributed by atoms with van der Waals surface area (Å²) in [6.07, 6.45) is 2.53. The lowest BCUT2D eigenvalue weighted by Crippen LogP contribution is -2.18. The van der Waals surface area contributed by atoms with Gasteiger partial charge in [0.1, 0.15) is 5.75 Å². The van der Waals surface area contributed by atoms with Crippen LogP contribution in [0.3, 0.4) is 0 Å². The Hall–Kier alpha value is -1.02. The van der Waals surface area contributed by atoms with Crippen LogP contribution in [0.1, 0.15) is 25.3 Å². The molecular formula is C13H21NO. The lowest BCUT2D eigenvalue weighted by molar-refractivity contribution is 0.320. The van der Waals surface area contributed by atoms with Gasteiger partial charge < -0.3 is 9.64 Å². The first-order valence-electron chi connectivity index (χ1n) is 5.57. The molecule has 0 spiro atoms. The maximum Gasteiger partial charge on any atom is 0.118 e. The molecule has 1 aromatic carbocycles. The van der Waals surface area contributed by atoms with Gasteiger partial charge in [-0.15, -0.1) is 0 Å². The molecule has 0 unspecified atom stereocenters. The van der Waals surface area contributed by atoms with E-state index in [-0.39, 0.29) is 0 Å². The Morgan fingerprint density at radius 1 is 1.20 bits per heavy atom. The molecule has 0 amide bonds. The van der Waals surface area contributed by atoms with Gasteiger partial charge in [0.05, 0.1) is 7.11 Å². The maximum absolute atomic E-state index is 5.13. The van der Waals surface area contributed by atoms with Crippen LogP contribution in [-0.4, -0.2) is 25.6 Å². The highest BCUT2D eigenvalue weighted by Gasteiger charge is 1.99. The van der Waals surface area contributed by atoms with E-state index in [4.69, 9.17) is 4.74 Å². The minimum Gasteiger partial charge on any atom is -0.497 e. The predicted octanol–water partition coefficient (Wildman–Crippen LogP) is 2.93. The fourth-order valence-electron chi connectivity index (χ4n) is 1.55. The average molecular weight is 207 g/mol. The van der Waals surface area contributed by atoms with E-state index in [1.54, 1.807) is 7.11 Å². The second kappa shape index (κ2) is 6.46. The van der Waals surface area contributed by atoms with Gasteiger partial charge in [0.15, 0.2) is 0 Å². The van der Waals surface area contributed by atoms with E-state index < -0.39 is 0 Å². The third-order valence-corrected chi connectivity index (χ3v) is 2.50. The molecule has 0 radical (unpaired) electrons. The predicted molar refractivity (Wildman–Crippen MR) is 64.2 cm³/mol. The number of rotatable bonds is 6. The highest BCUT2D eigenvalue weighted by molar-refractivity contribution is 5.26. The van der Waals surface area contributed by atoms with Crippen molar-refractivity contribution in [2.75, 3.05) is 20.7 Å². The van der Waals surface area contributed by atoms with Gasteiger partial charge in [-0.3, -0.25) is 0 Å². The maximum atomic E-state index is 5.13. The van der Waals surface area contributed by atoms with Gasteiger partial charge in [-0.1, -0.05) is 25.5 Å². The van der Waals surface area contributed by atoms with Gasteiger partial charge in [-0.05, 0) is 37.7 Å². The van der Waals surface area contributed by atoms with Crippen molar-refractivity contribution in [3.8, 4) is 5.75 Å². The van der Waals surface area contributed by atoms with E-state index in [1.807, 2.05) is 12.1 Å². The van der Waals surface area contributed by atoms with E-state index in [2.05, 4.69) is 31.0 Å². The quantitative estimate of drug-likeness (QED) is 0.711. The Balaban J connectivity index is 2.42. The van der Waals surface area contributed by atoms with Crippen LogP contribution in [-0.2, 0) is 6.54 Å². The molecule has 84 valence electrons. The van der Waals surface area contributed by atoms with E-state index in [9.17, 15) is 0 Å². The third-order valence-electron chi connectivity index (χ3n) is 2.50. The van der Waals surface area contributed by atoms with Crippen molar-refractivity contribution >= 4 is 0 Å². The fraction of sp³-hybridized carbons (Fsp3) is 0.538. The van der Waals surface area contributed by atoms with Crippen molar-refractivity contribution < 1.29 is 4.74 Å². The molecule has 0 aliphatic carbocycles. The normalized spacial score (nSPS) is 10.7. The van der Waals surface area contributed by atoms with Gasteiger partial charge in [0, 0.05) is 6.54 Å². The zero-order valence-corrected chi connectivity index (χ0v) is 9.99. The molecule has 2 heteroatoms. The van der Waals surface area contributed by atoms with Crippen molar-refractivity contribution in [2.24, 2.45) is 0 Å². The second-order valence-corrected chi connectivity index (χ2v) is 3.94. The number of methoxy groups -OCH3 is 1. The van der Waals surface area contributed by atoms with Crippen molar-refractivity contribution in [3.05, 3.63) is 29.8 Å². The molecule has 1 aromatic rings. The molecule has 0 aliphatic rings. The standard InChI is InChI=1S/C13H21NO/c1-4-5-10-14(2)11-12-6-8-13(15-3)9-7-12/h6-9H,4-5,10-11H2,1-3H3. The molecule has 1 rings (SSSR count). The minimum atomic E-state index is 0.926. The van der Waals surface area contributed by atoms with Crippen molar-refractivity contribution in [1.29, 1.82) is 0 Å². The number of benzene rings is 1. The first kappa shape index (κ1) is 12.1. The van der Waals surface area contributed by atoms with Gasteiger partial charge in [-0.25, -0.2) is 0 Å². The van der Waals surface area contributed by atoms with Crippen LogP contribution in [0.25, 0.3) is 0 Å². The summed E-state index contributed by atoms with van der Waals surface area (Å²) in [5, 5.41) is 0. The molecule has 0 heterocycles. The molecule has 0 aliphatic heterocycles. The number of nitrogens with zero attached hydrogens (tertiary/aromatic N) is 1. The van der Waals surface area contributed by atoms with Gasteiger partial charge in [0.25, 0.3) is 0 Å². The molecule has 2 nitrogen and oxygen atoms in total. The van der Waals surface area contributed by atoms with Crippen LogP contribution in [0.5, 0.6) is 5.75 Å². The monoisotopic (exact) mass is 207 g/mol. The second-order valence-electron chi connectivity index (χ2n) is 3.94. The van der Waals surface area contributed by atoms with Crippen LogP contribution in [0, 0.1) is 0 Å². The zero-order valence-electron chi connectivity index (χ0n) is 9.99. The summed E-state index contributed by atoms with van der Waals surface area (Å²) in [6.45, 7) is 4.41. The molecule has 0 atom stereocenters. The number of ether oxygens (including phenoxy) is 1. The van der Waals surface area contributed by atoms with Gasteiger partial charge in [-0.2, -0.15) is 0 Å². The Labute approximate surface area is 92.9 Å².